The molecule has 0 amide bonds. The zero-order valence-electron chi connectivity index (χ0n) is 12.2. The normalized spacial score (nSPS) is 58.0. The molecule has 2 saturated heterocycles. The Balaban J connectivity index is 1.84. The summed E-state index contributed by atoms with van der Waals surface area (Å²) in [5, 5.41) is 31.9. The van der Waals surface area contributed by atoms with Gasteiger partial charge in [0.05, 0.1) is 6.10 Å². The van der Waals surface area contributed by atoms with Gasteiger partial charge in [0.1, 0.15) is 5.72 Å². The summed E-state index contributed by atoms with van der Waals surface area (Å²) >= 11 is 0. The molecule has 1 unspecified atom stereocenters. The second kappa shape index (κ2) is 4.42. The Morgan fingerprint density at radius 1 is 1.15 bits per heavy atom. The first-order valence-electron chi connectivity index (χ1n) is 8.38. The van der Waals surface area contributed by atoms with Crippen LogP contribution in [-0.2, 0) is 0 Å². The van der Waals surface area contributed by atoms with Gasteiger partial charge in [0, 0.05) is 25.1 Å². The molecule has 4 aliphatic rings. The molecule has 114 valence electrons. The van der Waals surface area contributed by atoms with Crippen LogP contribution >= 0.6 is 0 Å². The highest BCUT2D eigenvalue weighted by Crippen LogP contribution is 2.67. The molecule has 20 heavy (non-hydrogen) atoms. The van der Waals surface area contributed by atoms with E-state index in [1.807, 2.05) is 0 Å². The number of hydrogen-bond acceptors (Lipinski definition) is 4. The van der Waals surface area contributed by atoms with Gasteiger partial charge < -0.3 is 15.3 Å². The fourth-order valence-corrected chi connectivity index (χ4v) is 6.47. The quantitative estimate of drug-likeness (QED) is 0.669. The van der Waals surface area contributed by atoms with E-state index >= 15 is 0 Å². The first-order chi connectivity index (χ1) is 9.62. The summed E-state index contributed by atoms with van der Waals surface area (Å²) in [6.45, 7) is 2.10. The highest BCUT2D eigenvalue weighted by molar-refractivity contribution is 5.17. The summed E-state index contributed by atoms with van der Waals surface area (Å²) in [6.07, 6.45) is 6.61. The predicted molar refractivity (Wildman–Crippen MR) is 74.8 cm³/mol. The molecule has 7 atom stereocenters. The SMILES string of the molecule is OC[C@@H]1C[C@H]2C[C@H](O)[C@H]3CCCN4CCC[C@]23[C@@]4(O)C1. The van der Waals surface area contributed by atoms with Crippen LogP contribution in [0.4, 0.5) is 0 Å². The molecule has 4 heteroatoms. The van der Waals surface area contributed by atoms with Gasteiger partial charge in [-0.15, -0.1) is 0 Å². The molecule has 2 heterocycles. The first kappa shape index (κ1) is 13.5. The molecule has 3 N–H and O–H groups in total. The number of nitrogens with zero attached hydrogens (tertiary/aromatic N) is 1. The first-order valence-corrected chi connectivity index (χ1v) is 8.38. The molecule has 2 aliphatic carbocycles. The third-order valence-corrected chi connectivity index (χ3v) is 7.06. The van der Waals surface area contributed by atoms with Crippen LogP contribution in [0.5, 0.6) is 0 Å². The summed E-state index contributed by atoms with van der Waals surface area (Å²) in [6, 6.07) is 0. The molecule has 1 spiro atoms. The van der Waals surface area contributed by atoms with Gasteiger partial charge >= 0.3 is 0 Å². The van der Waals surface area contributed by atoms with Gasteiger partial charge in [0.15, 0.2) is 0 Å². The van der Waals surface area contributed by atoms with E-state index in [0.29, 0.717) is 12.3 Å². The fraction of sp³-hybridized carbons (Fsp3) is 1.00. The zero-order valence-corrected chi connectivity index (χ0v) is 12.2. The largest absolute Gasteiger partial charge is 0.396 e. The molecule has 0 aromatic carbocycles. The highest BCUT2D eigenvalue weighted by Gasteiger charge is 2.70. The minimum absolute atomic E-state index is 0.104. The summed E-state index contributed by atoms with van der Waals surface area (Å²) in [5.41, 5.74) is -0.882. The lowest BCUT2D eigenvalue weighted by atomic mass is 9.53. The van der Waals surface area contributed by atoms with Crippen LogP contribution in [0.25, 0.3) is 0 Å². The maximum atomic E-state index is 11.6. The second-order valence-electron chi connectivity index (χ2n) is 7.68. The van der Waals surface area contributed by atoms with Gasteiger partial charge in [-0.1, -0.05) is 0 Å². The van der Waals surface area contributed by atoms with Gasteiger partial charge in [-0.25, -0.2) is 0 Å². The van der Waals surface area contributed by atoms with E-state index < -0.39 is 5.72 Å². The van der Waals surface area contributed by atoms with E-state index in [2.05, 4.69) is 4.90 Å². The standard InChI is InChI=1S/C16H27NO3/c18-10-11-7-12-8-14(19)13-3-1-5-17-6-2-4-15(12,13)16(17,20)9-11/h11-14,18-20H,1-10H2/t11-,12+,13-,14+,15+,16+/m1/s1. The van der Waals surface area contributed by atoms with Crippen LogP contribution in [0.3, 0.4) is 0 Å². The van der Waals surface area contributed by atoms with Crippen LogP contribution in [0.1, 0.15) is 44.9 Å². The van der Waals surface area contributed by atoms with Crippen LogP contribution < -0.4 is 0 Å². The van der Waals surface area contributed by atoms with Crippen molar-refractivity contribution in [2.45, 2.75) is 56.8 Å². The van der Waals surface area contributed by atoms with Gasteiger partial charge in [-0.3, -0.25) is 4.90 Å². The summed E-state index contributed by atoms with van der Waals surface area (Å²) < 4.78 is 0. The van der Waals surface area contributed by atoms with Gasteiger partial charge in [-0.2, -0.15) is 0 Å². The number of aliphatic hydroxyl groups excluding tert-OH is 2. The maximum Gasteiger partial charge on any atom is 0.125 e. The zero-order chi connectivity index (χ0) is 14.0. The Bertz CT molecular complexity index is 403. The lowest BCUT2D eigenvalue weighted by Crippen LogP contribution is -2.68. The van der Waals surface area contributed by atoms with E-state index in [-0.39, 0.29) is 30.0 Å². The average molecular weight is 281 g/mol. The summed E-state index contributed by atoms with van der Waals surface area (Å²) in [4.78, 5) is 2.30. The number of rotatable bonds is 1. The monoisotopic (exact) mass is 281 g/mol. The van der Waals surface area contributed by atoms with Crippen molar-refractivity contribution in [1.29, 1.82) is 0 Å². The molecule has 0 radical (unpaired) electrons. The fourth-order valence-electron chi connectivity index (χ4n) is 6.47. The number of hydrogen-bond donors (Lipinski definition) is 3. The lowest BCUT2D eigenvalue weighted by molar-refractivity contribution is -0.270. The van der Waals surface area contributed by atoms with Crippen molar-refractivity contribution in [3.63, 3.8) is 0 Å². The third kappa shape index (κ3) is 1.46. The second-order valence-corrected chi connectivity index (χ2v) is 7.68. The van der Waals surface area contributed by atoms with Crippen LogP contribution in [0, 0.1) is 23.2 Å². The number of piperidine rings is 1. The Hall–Kier alpha value is -0.160. The van der Waals surface area contributed by atoms with Crippen molar-refractivity contribution in [2.75, 3.05) is 19.7 Å². The molecule has 2 saturated carbocycles. The Kier molecular flexibility index (Phi) is 2.98. The molecule has 4 fully saturated rings. The lowest BCUT2D eigenvalue weighted by Gasteiger charge is -2.62. The molecular formula is C16H27NO3. The van der Waals surface area contributed by atoms with Gasteiger partial charge in [-0.05, 0) is 62.7 Å². The Labute approximate surface area is 120 Å². The van der Waals surface area contributed by atoms with E-state index in [4.69, 9.17) is 0 Å². The van der Waals surface area contributed by atoms with Crippen LogP contribution in [0.15, 0.2) is 0 Å². The van der Waals surface area contributed by atoms with Gasteiger partial charge in [0.2, 0.25) is 0 Å². The van der Waals surface area contributed by atoms with Gasteiger partial charge in [0.25, 0.3) is 0 Å². The average Bonchev–Trinajstić information content (AvgIpc) is 2.68. The molecule has 0 aromatic heterocycles. The highest BCUT2D eigenvalue weighted by atomic mass is 16.3. The summed E-state index contributed by atoms with van der Waals surface area (Å²) in [7, 11) is 0. The Morgan fingerprint density at radius 3 is 2.75 bits per heavy atom. The van der Waals surface area contributed by atoms with E-state index in [1.165, 1.54) is 0 Å². The minimum Gasteiger partial charge on any atom is -0.396 e. The molecular weight excluding hydrogens is 254 g/mol. The molecule has 2 aliphatic heterocycles. The van der Waals surface area contributed by atoms with Crippen molar-refractivity contribution < 1.29 is 15.3 Å². The third-order valence-electron chi connectivity index (χ3n) is 7.06. The molecule has 2 bridgehead atoms. The van der Waals surface area contributed by atoms with E-state index in [1.54, 1.807) is 0 Å². The van der Waals surface area contributed by atoms with E-state index in [9.17, 15) is 15.3 Å². The molecule has 4 rings (SSSR count). The minimum atomic E-state index is -0.778. The predicted octanol–water partition coefficient (Wildman–Crippen LogP) is 0.950. The van der Waals surface area contributed by atoms with Crippen molar-refractivity contribution in [1.82, 2.24) is 4.90 Å². The van der Waals surface area contributed by atoms with Crippen molar-refractivity contribution in [2.24, 2.45) is 23.2 Å². The van der Waals surface area contributed by atoms with Crippen molar-refractivity contribution in [3.8, 4) is 0 Å². The molecule has 0 aromatic rings. The molecule has 4 nitrogen and oxygen atoms in total. The maximum absolute atomic E-state index is 11.6. The van der Waals surface area contributed by atoms with Crippen molar-refractivity contribution in [3.05, 3.63) is 0 Å². The van der Waals surface area contributed by atoms with Crippen LogP contribution in [0.2, 0.25) is 0 Å². The van der Waals surface area contributed by atoms with E-state index in [0.717, 1.165) is 51.6 Å². The summed E-state index contributed by atoms with van der Waals surface area (Å²) in [5.74, 6) is 0.851. The smallest absolute Gasteiger partial charge is 0.125 e. The van der Waals surface area contributed by atoms with Crippen molar-refractivity contribution >= 4 is 0 Å². The number of aliphatic hydroxyl groups is 3. The van der Waals surface area contributed by atoms with Crippen LogP contribution in [-0.4, -0.2) is 51.7 Å². The topological polar surface area (TPSA) is 63.9 Å². The Morgan fingerprint density at radius 2 is 1.95 bits per heavy atom.